The highest BCUT2D eigenvalue weighted by molar-refractivity contribution is 5.95. The molecule has 108 valence electrons. The van der Waals surface area contributed by atoms with Gasteiger partial charge in [0.1, 0.15) is 5.82 Å². The molecule has 1 aliphatic rings. The molecule has 1 atom stereocenters. The van der Waals surface area contributed by atoms with Crippen LogP contribution < -0.4 is 10.6 Å². The molecule has 8 heteroatoms. The summed E-state index contributed by atoms with van der Waals surface area (Å²) in [5.41, 5.74) is -2.19. The Morgan fingerprint density at radius 3 is 2.60 bits per heavy atom. The molecule has 20 heavy (non-hydrogen) atoms. The van der Waals surface area contributed by atoms with Crippen molar-refractivity contribution in [3.8, 4) is 0 Å². The highest BCUT2D eigenvalue weighted by Gasteiger charge is 2.36. The standard InChI is InChI=1S/C12H10F4N2O2/c13-10-7(2-1-3-8(10)12(14,15)16)11(20)18-6-4-9(19)17-5-6/h1-3,6H,4-5H2,(H,17,19)(H,18,20). The van der Waals surface area contributed by atoms with Gasteiger partial charge in [0.15, 0.2) is 0 Å². The summed E-state index contributed by atoms with van der Waals surface area (Å²) in [5.74, 6) is -2.87. The molecule has 1 aromatic carbocycles. The third-order valence-corrected chi connectivity index (χ3v) is 2.86. The molecule has 4 nitrogen and oxygen atoms in total. The van der Waals surface area contributed by atoms with Gasteiger partial charge in [0.2, 0.25) is 5.91 Å². The molecule has 1 heterocycles. The Kier molecular flexibility index (Phi) is 3.65. The fourth-order valence-electron chi connectivity index (χ4n) is 1.90. The van der Waals surface area contributed by atoms with Crippen LogP contribution in [0.15, 0.2) is 18.2 Å². The second-order valence-electron chi connectivity index (χ2n) is 4.34. The second-order valence-corrected chi connectivity index (χ2v) is 4.34. The van der Waals surface area contributed by atoms with E-state index in [-0.39, 0.29) is 18.9 Å². The van der Waals surface area contributed by atoms with E-state index in [2.05, 4.69) is 10.6 Å². The molecule has 0 aromatic heterocycles. The fraction of sp³-hybridized carbons (Fsp3) is 0.333. The molecule has 2 amide bonds. The van der Waals surface area contributed by atoms with Crippen molar-refractivity contribution < 1.29 is 27.2 Å². The summed E-state index contributed by atoms with van der Waals surface area (Å²) in [6, 6.07) is 1.93. The maximum atomic E-state index is 13.7. The summed E-state index contributed by atoms with van der Waals surface area (Å²) in [6.45, 7) is 0.172. The smallest absolute Gasteiger partial charge is 0.354 e. The zero-order valence-electron chi connectivity index (χ0n) is 10.1. The molecule has 1 aliphatic heterocycles. The predicted octanol–water partition coefficient (Wildman–Crippen LogP) is 1.46. The van der Waals surface area contributed by atoms with Crippen LogP contribution in [0, 0.1) is 5.82 Å². The summed E-state index contributed by atoms with van der Waals surface area (Å²) in [7, 11) is 0. The highest BCUT2D eigenvalue weighted by atomic mass is 19.4. The van der Waals surface area contributed by atoms with E-state index in [1.165, 1.54) is 0 Å². The number of rotatable bonds is 2. The number of amides is 2. The van der Waals surface area contributed by atoms with Crippen LogP contribution in [0.2, 0.25) is 0 Å². The highest BCUT2D eigenvalue weighted by Crippen LogP contribution is 2.32. The fourth-order valence-corrected chi connectivity index (χ4v) is 1.90. The summed E-state index contributed by atoms with van der Waals surface area (Å²) >= 11 is 0. The SMILES string of the molecule is O=C1CC(NC(=O)c2cccc(C(F)(F)F)c2F)CN1. The average Bonchev–Trinajstić information content (AvgIpc) is 2.73. The Morgan fingerprint density at radius 2 is 2.05 bits per heavy atom. The Hall–Kier alpha value is -2.12. The van der Waals surface area contributed by atoms with Crippen LogP contribution in [0.4, 0.5) is 17.6 Å². The summed E-state index contributed by atoms with van der Waals surface area (Å²) < 4.78 is 51.3. The molecule has 0 spiro atoms. The Balaban J connectivity index is 2.20. The maximum Gasteiger partial charge on any atom is 0.419 e. The van der Waals surface area contributed by atoms with Crippen LogP contribution in [0.3, 0.4) is 0 Å². The maximum absolute atomic E-state index is 13.7. The van der Waals surface area contributed by atoms with Crippen molar-refractivity contribution in [1.82, 2.24) is 10.6 Å². The van der Waals surface area contributed by atoms with E-state index >= 15 is 0 Å². The van der Waals surface area contributed by atoms with Crippen molar-refractivity contribution in [3.63, 3.8) is 0 Å². The third kappa shape index (κ3) is 2.89. The largest absolute Gasteiger partial charge is 0.419 e. The number of nitrogens with one attached hydrogen (secondary N) is 2. The van der Waals surface area contributed by atoms with E-state index in [9.17, 15) is 27.2 Å². The number of halogens is 4. The van der Waals surface area contributed by atoms with Crippen LogP contribution >= 0.6 is 0 Å². The van der Waals surface area contributed by atoms with Gasteiger partial charge in [0, 0.05) is 13.0 Å². The molecule has 0 radical (unpaired) electrons. The zero-order chi connectivity index (χ0) is 14.9. The molecule has 1 saturated heterocycles. The molecule has 1 unspecified atom stereocenters. The van der Waals surface area contributed by atoms with Crippen molar-refractivity contribution >= 4 is 11.8 Å². The third-order valence-electron chi connectivity index (χ3n) is 2.86. The molecule has 2 N–H and O–H groups in total. The number of hydrogen-bond acceptors (Lipinski definition) is 2. The molecule has 1 aromatic rings. The topological polar surface area (TPSA) is 58.2 Å². The van der Waals surface area contributed by atoms with Gasteiger partial charge >= 0.3 is 6.18 Å². The normalized spacial score (nSPS) is 18.8. The molecule has 0 saturated carbocycles. The van der Waals surface area contributed by atoms with E-state index in [1.807, 2.05) is 0 Å². The van der Waals surface area contributed by atoms with Gasteiger partial charge in [-0.1, -0.05) is 6.07 Å². The number of carbonyl (C=O) groups excluding carboxylic acids is 2. The first-order valence-corrected chi connectivity index (χ1v) is 5.72. The van der Waals surface area contributed by atoms with Crippen LogP contribution in [-0.4, -0.2) is 24.4 Å². The van der Waals surface area contributed by atoms with Gasteiger partial charge in [-0.3, -0.25) is 9.59 Å². The molecule has 0 aliphatic carbocycles. The van der Waals surface area contributed by atoms with Crippen molar-refractivity contribution in [2.24, 2.45) is 0 Å². The van der Waals surface area contributed by atoms with Gasteiger partial charge in [-0.25, -0.2) is 4.39 Å². The first-order chi connectivity index (χ1) is 9.29. The summed E-state index contributed by atoms with van der Waals surface area (Å²) in [4.78, 5) is 22.7. The van der Waals surface area contributed by atoms with E-state index in [0.717, 1.165) is 12.1 Å². The minimum absolute atomic E-state index is 0.0202. The second kappa shape index (κ2) is 5.10. The minimum atomic E-state index is -4.87. The number of benzene rings is 1. The van der Waals surface area contributed by atoms with Crippen LogP contribution in [0.1, 0.15) is 22.3 Å². The first-order valence-electron chi connectivity index (χ1n) is 5.72. The zero-order valence-corrected chi connectivity index (χ0v) is 10.1. The van der Waals surface area contributed by atoms with Crippen molar-refractivity contribution in [3.05, 3.63) is 35.1 Å². The van der Waals surface area contributed by atoms with Crippen molar-refractivity contribution in [1.29, 1.82) is 0 Å². The van der Waals surface area contributed by atoms with Gasteiger partial charge < -0.3 is 10.6 Å². The van der Waals surface area contributed by atoms with Crippen molar-refractivity contribution in [2.75, 3.05) is 6.54 Å². The van der Waals surface area contributed by atoms with E-state index in [1.54, 1.807) is 0 Å². The van der Waals surface area contributed by atoms with E-state index in [4.69, 9.17) is 0 Å². The first kappa shape index (κ1) is 14.3. The number of hydrogen-bond donors (Lipinski definition) is 2. The molecule has 2 rings (SSSR count). The lowest BCUT2D eigenvalue weighted by Crippen LogP contribution is -2.36. The van der Waals surface area contributed by atoms with Gasteiger partial charge in [0.25, 0.3) is 5.91 Å². The summed E-state index contributed by atoms with van der Waals surface area (Å²) in [6.07, 6.45) is -4.85. The molecular weight excluding hydrogens is 280 g/mol. The van der Waals surface area contributed by atoms with Crippen LogP contribution in [0.25, 0.3) is 0 Å². The quantitative estimate of drug-likeness (QED) is 0.810. The molecule has 0 bridgehead atoms. The van der Waals surface area contributed by atoms with Gasteiger partial charge in [0.05, 0.1) is 17.2 Å². The van der Waals surface area contributed by atoms with E-state index in [0.29, 0.717) is 6.07 Å². The Bertz CT molecular complexity index is 557. The van der Waals surface area contributed by atoms with Gasteiger partial charge in [-0.2, -0.15) is 13.2 Å². The summed E-state index contributed by atoms with van der Waals surface area (Å²) in [5, 5.41) is 4.76. The number of alkyl halides is 3. The van der Waals surface area contributed by atoms with Crippen LogP contribution in [-0.2, 0) is 11.0 Å². The minimum Gasteiger partial charge on any atom is -0.354 e. The Morgan fingerprint density at radius 1 is 1.35 bits per heavy atom. The lowest BCUT2D eigenvalue weighted by Gasteiger charge is -2.13. The van der Waals surface area contributed by atoms with Crippen molar-refractivity contribution in [2.45, 2.75) is 18.6 Å². The lowest BCUT2D eigenvalue weighted by atomic mass is 10.1. The van der Waals surface area contributed by atoms with Gasteiger partial charge in [-0.15, -0.1) is 0 Å². The Labute approximate surface area is 111 Å². The van der Waals surface area contributed by atoms with Crippen LogP contribution in [0.5, 0.6) is 0 Å². The van der Waals surface area contributed by atoms with Gasteiger partial charge in [-0.05, 0) is 12.1 Å². The lowest BCUT2D eigenvalue weighted by molar-refractivity contribution is -0.140. The monoisotopic (exact) mass is 290 g/mol. The predicted molar refractivity (Wildman–Crippen MR) is 60.3 cm³/mol. The van der Waals surface area contributed by atoms with E-state index < -0.39 is 35.1 Å². The number of carbonyl (C=O) groups is 2. The molecule has 1 fully saturated rings. The average molecular weight is 290 g/mol. The molecular formula is C12H10F4N2O2.